The largest absolute Gasteiger partial charge is 0.502 e. The molecule has 0 bridgehead atoms. The molecule has 0 aromatic heterocycles. The summed E-state index contributed by atoms with van der Waals surface area (Å²) in [6, 6.07) is 15.0. The molecule has 3 rings (SSSR count). The molecule has 0 aliphatic carbocycles. The van der Waals surface area contributed by atoms with E-state index in [9.17, 15) is 14.7 Å². The highest BCUT2D eigenvalue weighted by Gasteiger charge is 2.40. The van der Waals surface area contributed by atoms with Crippen molar-refractivity contribution in [1.29, 1.82) is 5.26 Å². The van der Waals surface area contributed by atoms with Gasteiger partial charge >= 0.3 is 5.91 Å². The van der Waals surface area contributed by atoms with Crippen molar-refractivity contribution >= 4 is 23.1 Å². The summed E-state index contributed by atoms with van der Waals surface area (Å²) >= 11 is 0. The number of nitrogens with zero attached hydrogens (tertiary/aromatic N) is 2. The van der Waals surface area contributed by atoms with Crippen LogP contribution in [-0.4, -0.2) is 16.9 Å². The van der Waals surface area contributed by atoms with Crippen molar-refractivity contribution in [3.05, 3.63) is 71.0 Å². The average molecular weight is 304 g/mol. The third-order valence-corrected chi connectivity index (χ3v) is 3.65. The number of rotatable bonds is 2. The molecule has 1 aliphatic heterocycles. The first-order valence-corrected chi connectivity index (χ1v) is 6.92. The fraction of sp³-hybridized carbons (Fsp3) is 0.0556. The van der Waals surface area contributed by atoms with E-state index < -0.39 is 17.6 Å². The minimum atomic E-state index is -0.768. The molecule has 0 unspecified atom stereocenters. The number of imide groups is 1. The monoisotopic (exact) mass is 304 g/mol. The molecule has 0 saturated heterocycles. The first-order chi connectivity index (χ1) is 11.0. The molecule has 1 aliphatic rings. The number of benzene rings is 2. The standard InChI is InChI=1S/C18H12N2O3/c1-11-2-6-13(7-3-11)15-16(21)18(23)20(17(15)22)14-8-4-12(10-19)5-9-14/h2-9,21H,1H3. The molecule has 1 N–H and O–H groups in total. The topological polar surface area (TPSA) is 81.4 Å². The minimum absolute atomic E-state index is 0.0145. The van der Waals surface area contributed by atoms with Gasteiger partial charge in [0.1, 0.15) is 0 Å². The third kappa shape index (κ3) is 2.36. The zero-order valence-corrected chi connectivity index (χ0v) is 12.3. The number of nitriles is 1. The molecule has 2 aromatic rings. The predicted octanol–water partition coefficient (Wildman–Crippen LogP) is 2.71. The highest BCUT2D eigenvalue weighted by Crippen LogP contribution is 2.31. The Balaban J connectivity index is 2.01. The van der Waals surface area contributed by atoms with E-state index in [-0.39, 0.29) is 5.57 Å². The fourth-order valence-electron chi connectivity index (χ4n) is 2.42. The first kappa shape index (κ1) is 14.5. The van der Waals surface area contributed by atoms with Gasteiger partial charge in [0, 0.05) is 0 Å². The minimum Gasteiger partial charge on any atom is -0.502 e. The molecule has 5 nitrogen and oxygen atoms in total. The number of aliphatic hydroxyl groups excluding tert-OH is 1. The summed E-state index contributed by atoms with van der Waals surface area (Å²) in [5.74, 6) is -1.92. The van der Waals surface area contributed by atoms with Gasteiger partial charge in [0.15, 0.2) is 5.76 Å². The van der Waals surface area contributed by atoms with E-state index in [1.165, 1.54) is 24.3 Å². The number of carbonyl (C=O) groups excluding carboxylic acids is 2. The molecule has 1 heterocycles. The van der Waals surface area contributed by atoms with Crippen LogP contribution in [0.15, 0.2) is 54.3 Å². The van der Waals surface area contributed by atoms with Crippen molar-refractivity contribution in [3.8, 4) is 6.07 Å². The summed E-state index contributed by atoms with van der Waals surface area (Å²) in [6.45, 7) is 1.91. The number of anilines is 1. The molecule has 0 atom stereocenters. The number of hydrogen-bond acceptors (Lipinski definition) is 4. The number of hydrogen-bond donors (Lipinski definition) is 1. The fourth-order valence-corrected chi connectivity index (χ4v) is 2.42. The summed E-state index contributed by atoms with van der Waals surface area (Å²) in [5, 5.41) is 18.9. The quantitative estimate of drug-likeness (QED) is 0.865. The Labute approximate surface area is 132 Å². The van der Waals surface area contributed by atoms with E-state index in [0.717, 1.165) is 10.5 Å². The number of carbonyl (C=O) groups is 2. The highest BCUT2D eigenvalue weighted by molar-refractivity contribution is 6.44. The number of aliphatic hydroxyl groups is 1. The van der Waals surface area contributed by atoms with Gasteiger partial charge in [0.25, 0.3) is 5.91 Å². The SMILES string of the molecule is Cc1ccc(C2=C(O)C(=O)N(c3ccc(C#N)cc3)C2=O)cc1. The Morgan fingerprint density at radius 1 is 0.957 bits per heavy atom. The molecule has 0 spiro atoms. The van der Waals surface area contributed by atoms with Crippen molar-refractivity contribution < 1.29 is 14.7 Å². The van der Waals surface area contributed by atoms with Crippen LogP contribution in [0.1, 0.15) is 16.7 Å². The van der Waals surface area contributed by atoms with Crippen molar-refractivity contribution in [2.24, 2.45) is 0 Å². The molecule has 2 amide bonds. The summed E-state index contributed by atoms with van der Waals surface area (Å²) in [4.78, 5) is 25.8. The van der Waals surface area contributed by atoms with Crippen LogP contribution in [0.25, 0.3) is 5.57 Å². The number of amides is 2. The predicted molar refractivity (Wildman–Crippen MR) is 84.4 cm³/mol. The molecular weight excluding hydrogens is 292 g/mol. The maximum Gasteiger partial charge on any atom is 0.301 e. The van der Waals surface area contributed by atoms with Crippen molar-refractivity contribution in [2.45, 2.75) is 6.92 Å². The Kier molecular flexibility index (Phi) is 3.43. The van der Waals surface area contributed by atoms with Crippen LogP contribution in [0.2, 0.25) is 0 Å². The zero-order valence-electron chi connectivity index (χ0n) is 12.3. The Hall–Kier alpha value is -3.39. The molecule has 112 valence electrons. The lowest BCUT2D eigenvalue weighted by Crippen LogP contribution is -2.31. The van der Waals surface area contributed by atoms with Gasteiger partial charge in [-0.25, -0.2) is 4.90 Å². The summed E-state index contributed by atoms with van der Waals surface area (Å²) in [5.41, 5.74) is 2.22. The van der Waals surface area contributed by atoms with Gasteiger partial charge in [0.2, 0.25) is 0 Å². The van der Waals surface area contributed by atoms with E-state index in [4.69, 9.17) is 5.26 Å². The lowest BCUT2D eigenvalue weighted by atomic mass is 10.0. The number of aryl methyl sites for hydroxylation is 1. The smallest absolute Gasteiger partial charge is 0.301 e. The maximum absolute atomic E-state index is 12.6. The average Bonchev–Trinajstić information content (AvgIpc) is 2.78. The first-order valence-electron chi connectivity index (χ1n) is 6.92. The maximum atomic E-state index is 12.6. The summed E-state index contributed by atoms with van der Waals surface area (Å²) in [6.07, 6.45) is 0. The molecule has 0 fully saturated rings. The van der Waals surface area contributed by atoms with Crippen LogP contribution in [0.3, 0.4) is 0 Å². The second kappa shape index (κ2) is 5.43. The normalized spacial score (nSPS) is 14.3. The van der Waals surface area contributed by atoms with Gasteiger partial charge in [-0.15, -0.1) is 0 Å². The van der Waals surface area contributed by atoms with E-state index in [0.29, 0.717) is 16.8 Å². The van der Waals surface area contributed by atoms with Crippen molar-refractivity contribution in [3.63, 3.8) is 0 Å². The van der Waals surface area contributed by atoms with E-state index >= 15 is 0 Å². The summed E-state index contributed by atoms with van der Waals surface area (Å²) < 4.78 is 0. The lowest BCUT2D eigenvalue weighted by Gasteiger charge is -2.14. The van der Waals surface area contributed by atoms with Crippen LogP contribution < -0.4 is 4.90 Å². The highest BCUT2D eigenvalue weighted by atomic mass is 16.3. The van der Waals surface area contributed by atoms with Crippen LogP contribution in [-0.2, 0) is 9.59 Å². The molecule has 0 radical (unpaired) electrons. The van der Waals surface area contributed by atoms with Gasteiger partial charge < -0.3 is 5.11 Å². The second-order valence-corrected chi connectivity index (χ2v) is 5.19. The molecule has 5 heteroatoms. The Morgan fingerprint density at radius 2 is 1.57 bits per heavy atom. The van der Waals surface area contributed by atoms with Crippen LogP contribution >= 0.6 is 0 Å². The van der Waals surface area contributed by atoms with E-state index in [1.54, 1.807) is 24.3 Å². The third-order valence-electron chi connectivity index (χ3n) is 3.65. The summed E-state index contributed by atoms with van der Waals surface area (Å²) in [7, 11) is 0. The van der Waals surface area contributed by atoms with Gasteiger partial charge in [-0.05, 0) is 36.8 Å². The van der Waals surface area contributed by atoms with Crippen molar-refractivity contribution in [2.75, 3.05) is 4.90 Å². The molecule has 2 aromatic carbocycles. The van der Waals surface area contributed by atoms with Gasteiger partial charge in [-0.2, -0.15) is 5.26 Å². The molecule has 0 saturated carbocycles. The van der Waals surface area contributed by atoms with Gasteiger partial charge in [0.05, 0.1) is 22.9 Å². The van der Waals surface area contributed by atoms with Gasteiger partial charge in [-0.3, -0.25) is 9.59 Å². The second-order valence-electron chi connectivity index (χ2n) is 5.19. The van der Waals surface area contributed by atoms with Crippen molar-refractivity contribution in [1.82, 2.24) is 0 Å². The molecular formula is C18H12N2O3. The Morgan fingerprint density at radius 3 is 2.13 bits per heavy atom. The van der Waals surface area contributed by atoms with Gasteiger partial charge in [-0.1, -0.05) is 29.8 Å². The van der Waals surface area contributed by atoms with Crippen LogP contribution in [0.5, 0.6) is 0 Å². The van der Waals surface area contributed by atoms with E-state index in [1.807, 2.05) is 13.0 Å². The van der Waals surface area contributed by atoms with Crippen LogP contribution in [0.4, 0.5) is 5.69 Å². The lowest BCUT2D eigenvalue weighted by molar-refractivity contribution is -0.121. The van der Waals surface area contributed by atoms with Crippen LogP contribution in [0, 0.1) is 18.3 Å². The van der Waals surface area contributed by atoms with E-state index in [2.05, 4.69) is 0 Å². The Bertz CT molecular complexity index is 872. The zero-order chi connectivity index (χ0) is 16.6. The molecule has 23 heavy (non-hydrogen) atoms.